The van der Waals surface area contributed by atoms with Crippen LogP contribution in [0.4, 0.5) is 0 Å². The van der Waals surface area contributed by atoms with E-state index >= 15 is 0 Å². The van der Waals surface area contributed by atoms with Crippen LogP contribution in [0.3, 0.4) is 0 Å². The third kappa shape index (κ3) is 5.42. The van der Waals surface area contributed by atoms with Crippen LogP contribution < -0.4 is 0 Å². The number of ketones is 1. The zero-order chi connectivity index (χ0) is 20.7. The third-order valence-corrected chi connectivity index (χ3v) is 4.59. The number of Topliss-reactive ketones (excluding diaryl/α,β-unsaturated/α-hetero) is 1. The SMILES string of the molecule is CCOCCCN(C(=O)C(C)C)[C@@H](C)C(=O)c1c(C)[nH]c(C(=O)OC)c1C. The van der Waals surface area contributed by atoms with Gasteiger partial charge < -0.3 is 19.4 Å². The van der Waals surface area contributed by atoms with Crippen molar-refractivity contribution in [2.24, 2.45) is 5.92 Å². The molecule has 152 valence electrons. The second kappa shape index (κ2) is 10.3. The van der Waals surface area contributed by atoms with Crippen molar-refractivity contribution in [3.63, 3.8) is 0 Å². The highest BCUT2D eigenvalue weighted by Gasteiger charge is 2.31. The molecule has 7 nitrogen and oxygen atoms in total. The molecule has 0 saturated carbocycles. The van der Waals surface area contributed by atoms with E-state index in [1.807, 2.05) is 20.8 Å². The monoisotopic (exact) mass is 380 g/mol. The Morgan fingerprint density at radius 2 is 1.78 bits per heavy atom. The van der Waals surface area contributed by atoms with Crippen molar-refractivity contribution in [2.45, 2.75) is 54.0 Å². The molecule has 1 heterocycles. The number of aryl methyl sites for hydroxylation is 1. The number of carbonyl (C=O) groups is 3. The molecule has 0 unspecified atom stereocenters. The highest BCUT2D eigenvalue weighted by Crippen LogP contribution is 2.22. The lowest BCUT2D eigenvalue weighted by molar-refractivity contribution is -0.135. The second-order valence-electron chi connectivity index (χ2n) is 6.89. The van der Waals surface area contributed by atoms with Crippen LogP contribution in [0.2, 0.25) is 0 Å². The summed E-state index contributed by atoms with van der Waals surface area (Å²) in [6, 6.07) is -0.639. The van der Waals surface area contributed by atoms with Gasteiger partial charge in [-0.15, -0.1) is 0 Å². The van der Waals surface area contributed by atoms with Crippen molar-refractivity contribution in [1.82, 2.24) is 9.88 Å². The number of nitrogens with zero attached hydrogens (tertiary/aromatic N) is 1. The Balaban J connectivity index is 3.12. The minimum absolute atomic E-state index is 0.0774. The largest absolute Gasteiger partial charge is 0.464 e. The predicted octanol–water partition coefficient (Wildman–Crippen LogP) is 2.90. The quantitative estimate of drug-likeness (QED) is 0.383. The van der Waals surface area contributed by atoms with Crippen LogP contribution in [0, 0.1) is 19.8 Å². The van der Waals surface area contributed by atoms with Crippen LogP contribution in [-0.4, -0.2) is 60.5 Å². The molecule has 1 amide bonds. The molecule has 1 aromatic heterocycles. The third-order valence-electron chi connectivity index (χ3n) is 4.59. The summed E-state index contributed by atoms with van der Waals surface area (Å²) in [4.78, 5) is 42.3. The van der Waals surface area contributed by atoms with E-state index in [1.54, 1.807) is 25.7 Å². The van der Waals surface area contributed by atoms with Gasteiger partial charge in [0.2, 0.25) is 5.91 Å². The van der Waals surface area contributed by atoms with E-state index in [-0.39, 0.29) is 23.3 Å². The van der Waals surface area contributed by atoms with Gasteiger partial charge in [0.05, 0.1) is 13.2 Å². The van der Waals surface area contributed by atoms with Crippen LogP contribution in [0.1, 0.15) is 66.2 Å². The topological polar surface area (TPSA) is 88.7 Å². The second-order valence-corrected chi connectivity index (χ2v) is 6.89. The van der Waals surface area contributed by atoms with Crippen LogP contribution >= 0.6 is 0 Å². The number of methoxy groups -OCH3 is 1. The van der Waals surface area contributed by atoms with Crippen molar-refractivity contribution in [3.05, 3.63) is 22.5 Å². The Morgan fingerprint density at radius 3 is 2.30 bits per heavy atom. The van der Waals surface area contributed by atoms with Gasteiger partial charge in [0, 0.05) is 36.9 Å². The molecule has 1 aromatic rings. The van der Waals surface area contributed by atoms with Crippen LogP contribution in [0.15, 0.2) is 0 Å². The number of esters is 1. The van der Waals surface area contributed by atoms with Gasteiger partial charge in [-0.25, -0.2) is 4.79 Å². The highest BCUT2D eigenvalue weighted by atomic mass is 16.5. The van der Waals surface area contributed by atoms with Crippen molar-refractivity contribution >= 4 is 17.7 Å². The van der Waals surface area contributed by atoms with E-state index in [4.69, 9.17) is 9.47 Å². The highest BCUT2D eigenvalue weighted by molar-refractivity contribution is 6.06. The molecule has 0 aliphatic rings. The van der Waals surface area contributed by atoms with E-state index in [9.17, 15) is 14.4 Å². The molecule has 1 rings (SSSR count). The number of amides is 1. The Hall–Kier alpha value is -2.15. The van der Waals surface area contributed by atoms with Crippen molar-refractivity contribution in [3.8, 4) is 0 Å². The first-order chi connectivity index (χ1) is 12.7. The molecule has 0 saturated heterocycles. The number of carbonyl (C=O) groups excluding carboxylic acids is 3. The Bertz CT molecular complexity index is 678. The van der Waals surface area contributed by atoms with Gasteiger partial charge >= 0.3 is 5.97 Å². The van der Waals surface area contributed by atoms with E-state index in [1.165, 1.54) is 7.11 Å². The maximum Gasteiger partial charge on any atom is 0.354 e. The summed E-state index contributed by atoms with van der Waals surface area (Å²) in [5, 5.41) is 0. The maximum atomic E-state index is 13.2. The van der Waals surface area contributed by atoms with E-state index in [0.29, 0.717) is 43.0 Å². The van der Waals surface area contributed by atoms with Gasteiger partial charge in [-0.2, -0.15) is 0 Å². The summed E-state index contributed by atoms with van der Waals surface area (Å²) >= 11 is 0. The normalized spacial score (nSPS) is 12.1. The number of rotatable bonds is 10. The van der Waals surface area contributed by atoms with E-state index in [2.05, 4.69) is 4.98 Å². The van der Waals surface area contributed by atoms with Gasteiger partial charge in [-0.3, -0.25) is 9.59 Å². The van der Waals surface area contributed by atoms with Gasteiger partial charge in [0.1, 0.15) is 5.69 Å². The van der Waals surface area contributed by atoms with Crippen LogP contribution in [-0.2, 0) is 14.3 Å². The first kappa shape index (κ1) is 22.9. The van der Waals surface area contributed by atoms with E-state index in [0.717, 1.165) is 0 Å². The fraction of sp³-hybridized carbons (Fsp3) is 0.650. The summed E-state index contributed by atoms with van der Waals surface area (Å²) < 4.78 is 10.1. The standard InChI is InChI=1S/C20H32N2O5/c1-8-27-11-9-10-22(19(24)12(2)3)15(6)18(23)16-13(4)17(20(25)26-7)21-14(16)5/h12,15,21H,8-11H2,1-7H3/t15-/m0/s1. The molecule has 27 heavy (non-hydrogen) atoms. The molecule has 0 spiro atoms. The predicted molar refractivity (Wildman–Crippen MR) is 103 cm³/mol. The first-order valence-corrected chi connectivity index (χ1v) is 9.37. The van der Waals surface area contributed by atoms with Gasteiger partial charge in [0.15, 0.2) is 5.78 Å². The number of hydrogen-bond acceptors (Lipinski definition) is 5. The summed E-state index contributed by atoms with van der Waals surface area (Å²) in [6.07, 6.45) is 0.655. The summed E-state index contributed by atoms with van der Waals surface area (Å²) in [5.74, 6) is -1.01. The average molecular weight is 380 g/mol. The summed E-state index contributed by atoms with van der Waals surface area (Å²) in [6.45, 7) is 12.3. The number of hydrogen-bond donors (Lipinski definition) is 1. The summed E-state index contributed by atoms with van der Waals surface area (Å²) in [5.41, 5.74) is 1.84. The lowest BCUT2D eigenvalue weighted by Crippen LogP contribution is -2.46. The molecular weight excluding hydrogens is 348 g/mol. The molecule has 1 atom stereocenters. The first-order valence-electron chi connectivity index (χ1n) is 9.37. The lowest BCUT2D eigenvalue weighted by atomic mass is 9.98. The molecule has 0 aliphatic carbocycles. The summed E-state index contributed by atoms with van der Waals surface area (Å²) in [7, 11) is 1.30. The zero-order valence-corrected chi connectivity index (χ0v) is 17.5. The van der Waals surface area contributed by atoms with Crippen molar-refractivity contribution in [1.29, 1.82) is 0 Å². The number of ether oxygens (including phenoxy) is 2. The minimum Gasteiger partial charge on any atom is -0.464 e. The smallest absolute Gasteiger partial charge is 0.354 e. The van der Waals surface area contributed by atoms with Gasteiger partial charge in [-0.05, 0) is 39.7 Å². The Labute approximate surface area is 161 Å². The van der Waals surface area contributed by atoms with Crippen LogP contribution in [0.25, 0.3) is 0 Å². The maximum absolute atomic E-state index is 13.2. The fourth-order valence-electron chi connectivity index (χ4n) is 3.08. The van der Waals surface area contributed by atoms with Gasteiger partial charge in [-0.1, -0.05) is 13.8 Å². The number of aromatic nitrogens is 1. The molecule has 0 aliphatic heterocycles. The zero-order valence-electron chi connectivity index (χ0n) is 17.5. The number of nitrogens with one attached hydrogen (secondary N) is 1. The molecule has 0 radical (unpaired) electrons. The molecular formula is C20H32N2O5. The van der Waals surface area contributed by atoms with Crippen molar-refractivity contribution < 1.29 is 23.9 Å². The minimum atomic E-state index is -0.639. The van der Waals surface area contributed by atoms with Gasteiger partial charge in [0.25, 0.3) is 0 Å². The molecule has 1 N–H and O–H groups in total. The Kier molecular flexibility index (Phi) is 8.69. The Morgan fingerprint density at radius 1 is 1.15 bits per heavy atom. The molecule has 0 fully saturated rings. The average Bonchev–Trinajstić information content (AvgIpc) is 2.93. The molecule has 0 aromatic carbocycles. The van der Waals surface area contributed by atoms with Crippen molar-refractivity contribution in [2.75, 3.05) is 26.9 Å². The van der Waals surface area contributed by atoms with Crippen LogP contribution in [0.5, 0.6) is 0 Å². The number of H-pyrrole nitrogens is 1. The molecule has 7 heteroatoms. The lowest BCUT2D eigenvalue weighted by Gasteiger charge is -2.30. The molecule has 0 bridgehead atoms. The van der Waals surface area contributed by atoms with E-state index < -0.39 is 12.0 Å². The number of aromatic amines is 1. The fourth-order valence-corrected chi connectivity index (χ4v) is 3.08.